The van der Waals surface area contributed by atoms with Gasteiger partial charge in [-0.2, -0.15) is 0 Å². The number of allylic oxidation sites excluding steroid dienone is 3. The number of benzene rings is 1. The zero-order valence-corrected chi connectivity index (χ0v) is 17.0. The first-order valence-electron chi connectivity index (χ1n) is 9.76. The van der Waals surface area contributed by atoms with Crippen LogP contribution >= 0.6 is 0 Å². The molecule has 1 aromatic carbocycles. The number of hydrogen-bond acceptors (Lipinski definition) is 2. The van der Waals surface area contributed by atoms with E-state index in [1.165, 1.54) is 16.9 Å². The summed E-state index contributed by atoms with van der Waals surface area (Å²) in [5.41, 5.74) is 5.42. The van der Waals surface area contributed by atoms with E-state index in [-0.39, 0.29) is 11.3 Å². The molecule has 1 aromatic rings. The molecular weight excluding hydrogens is 334 g/mol. The molecule has 27 heavy (non-hydrogen) atoms. The van der Waals surface area contributed by atoms with Crippen molar-refractivity contribution in [3.63, 3.8) is 0 Å². The Labute approximate surface area is 162 Å². The van der Waals surface area contributed by atoms with Crippen molar-refractivity contribution < 1.29 is 9.90 Å². The number of aliphatic carboxylic acids is 1. The number of anilines is 1. The van der Waals surface area contributed by atoms with Crippen LogP contribution in [0.5, 0.6) is 0 Å². The zero-order chi connectivity index (χ0) is 19.8. The number of carbonyl (C=O) groups is 1. The highest BCUT2D eigenvalue weighted by atomic mass is 16.4. The quantitative estimate of drug-likeness (QED) is 0.729. The van der Waals surface area contributed by atoms with Gasteiger partial charge in [0.25, 0.3) is 0 Å². The van der Waals surface area contributed by atoms with Gasteiger partial charge in [0.15, 0.2) is 0 Å². The molecule has 1 heterocycles. The Morgan fingerprint density at radius 3 is 2.67 bits per heavy atom. The van der Waals surface area contributed by atoms with Gasteiger partial charge < -0.3 is 10.0 Å². The Kier molecular flexibility index (Phi) is 5.20. The lowest BCUT2D eigenvalue weighted by Crippen LogP contribution is -2.36. The molecule has 0 saturated carbocycles. The summed E-state index contributed by atoms with van der Waals surface area (Å²) < 4.78 is 0. The maximum atomic E-state index is 11.0. The van der Waals surface area contributed by atoms with Crippen molar-refractivity contribution in [3.05, 3.63) is 52.7 Å². The molecule has 142 valence electrons. The maximum Gasteiger partial charge on any atom is 0.331 e. The van der Waals surface area contributed by atoms with E-state index in [1.54, 1.807) is 0 Å². The predicted molar refractivity (Wildman–Crippen MR) is 111 cm³/mol. The van der Waals surface area contributed by atoms with Crippen molar-refractivity contribution in [2.45, 2.75) is 65.3 Å². The highest BCUT2D eigenvalue weighted by Crippen LogP contribution is 2.41. The number of fused-ring (bicyclic) bond motifs is 1. The second kappa shape index (κ2) is 7.27. The molecule has 1 unspecified atom stereocenters. The van der Waals surface area contributed by atoms with Gasteiger partial charge in [0.1, 0.15) is 0 Å². The van der Waals surface area contributed by atoms with Crippen LogP contribution in [0.25, 0.3) is 0 Å². The Morgan fingerprint density at radius 1 is 1.33 bits per heavy atom. The van der Waals surface area contributed by atoms with Gasteiger partial charge in [-0.25, -0.2) is 4.79 Å². The second-order valence-electron chi connectivity index (χ2n) is 8.48. The Morgan fingerprint density at radius 2 is 2.07 bits per heavy atom. The lowest BCUT2D eigenvalue weighted by Gasteiger charge is -2.40. The normalized spacial score (nSPS) is 21.0. The highest BCUT2D eigenvalue weighted by Gasteiger charge is 2.31. The maximum absolute atomic E-state index is 11.0. The lowest BCUT2D eigenvalue weighted by molar-refractivity contribution is -0.132. The standard InChI is InChI=1S/C24H29NO2/c1-16(2)25-17(3)15-24(4,5)21-14-19(10-13-22(21)25)7-6-18-8-11-20(12-9-18)23(26)27/h10-11,13-16,18H,8-9,12H2,1-5H3,(H,26,27). The molecule has 0 fully saturated rings. The van der Waals surface area contributed by atoms with Gasteiger partial charge in [0.05, 0.1) is 0 Å². The molecule has 3 rings (SSSR count). The van der Waals surface area contributed by atoms with Gasteiger partial charge >= 0.3 is 5.97 Å². The monoisotopic (exact) mass is 363 g/mol. The van der Waals surface area contributed by atoms with Crippen molar-refractivity contribution in [1.29, 1.82) is 0 Å². The van der Waals surface area contributed by atoms with Crippen LogP contribution in [0.2, 0.25) is 0 Å². The summed E-state index contributed by atoms with van der Waals surface area (Å²) in [5, 5.41) is 9.06. The molecule has 0 radical (unpaired) electrons. The van der Waals surface area contributed by atoms with Crippen LogP contribution in [0.4, 0.5) is 5.69 Å². The van der Waals surface area contributed by atoms with Gasteiger partial charge in [0, 0.05) is 39.9 Å². The second-order valence-corrected chi connectivity index (χ2v) is 8.48. The van der Waals surface area contributed by atoms with Gasteiger partial charge in [-0.1, -0.05) is 37.8 Å². The average Bonchev–Trinajstić information content (AvgIpc) is 2.59. The van der Waals surface area contributed by atoms with Crippen molar-refractivity contribution in [2.75, 3.05) is 4.90 Å². The van der Waals surface area contributed by atoms with Crippen molar-refractivity contribution in [1.82, 2.24) is 0 Å². The Bertz CT molecular complexity index is 877. The molecule has 3 nitrogen and oxygen atoms in total. The van der Waals surface area contributed by atoms with Gasteiger partial charge in [-0.15, -0.1) is 0 Å². The lowest BCUT2D eigenvalue weighted by atomic mass is 9.79. The minimum Gasteiger partial charge on any atom is -0.478 e. The summed E-state index contributed by atoms with van der Waals surface area (Å²) in [4.78, 5) is 13.4. The van der Waals surface area contributed by atoms with Crippen molar-refractivity contribution >= 4 is 11.7 Å². The summed E-state index contributed by atoms with van der Waals surface area (Å²) >= 11 is 0. The van der Waals surface area contributed by atoms with E-state index in [0.29, 0.717) is 18.0 Å². The molecule has 1 atom stereocenters. The van der Waals surface area contributed by atoms with E-state index < -0.39 is 5.97 Å². The summed E-state index contributed by atoms with van der Waals surface area (Å²) in [6, 6.07) is 6.94. The van der Waals surface area contributed by atoms with E-state index in [4.69, 9.17) is 5.11 Å². The highest BCUT2D eigenvalue weighted by molar-refractivity contribution is 5.86. The molecular formula is C24H29NO2. The predicted octanol–water partition coefficient (Wildman–Crippen LogP) is 5.26. The number of hydrogen-bond donors (Lipinski definition) is 1. The van der Waals surface area contributed by atoms with Gasteiger partial charge in [0.2, 0.25) is 0 Å². The van der Waals surface area contributed by atoms with Crippen LogP contribution in [0.1, 0.15) is 65.0 Å². The molecule has 0 spiro atoms. The fraction of sp³-hybridized carbons (Fsp3) is 0.458. The molecule has 1 aliphatic carbocycles. The van der Waals surface area contributed by atoms with Crippen LogP contribution in [-0.2, 0) is 10.2 Å². The van der Waals surface area contributed by atoms with E-state index >= 15 is 0 Å². The molecule has 0 saturated heterocycles. The average molecular weight is 364 g/mol. The number of rotatable bonds is 2. The minimum absolute atomic E-state index is 0.0214. The summed E-state index contributed by atoms with van der Waals surface area (Å²) in [6.45, 7) is 11.1. The van der Waals surface area contributed by atoms with Crippen LogP contribution < -0.4 is 4.90 Å². The number of nitrogens with zero attached hydrogens (tertiary/aromatic N) is 1. The van der Waals surface area contributed by atoms with E-state index in [1.807, 2.05) is 6.08 Å². The summed E-state index contributed by atoms with van der Waals surface area (Å²) in [5.74, 6) is 6.14. The van der Waals surface area contributed by atoms with Crippen molar-refractivity contribution in [3.8, 4) is 11.8 Å². The third-order valence-corrected chi connectivity index (χ3v) is 5.52. The van der Waals surface area contributed by atoms with Crippen LogP contribution in [0.15, 0.2) is 41.6 Å². The van der Waals surface area contributed by atoms with Crippen LogP contribution in [-0.4, -0.2) is 17.1 Å². The molecule has 3 heteroatoms. The van der Waals surface area contributed by atoms with E-state index in [2.05, 4.69) is 75.6 Å². The third kappa shape index (κ3) is 3.95. The van der Waals surface area contributed by atoms with Gasteiger partial charge in [-0.05, 0) is 63.8 Å². The Hall–Kier alpha value is -2.47. The molecule has 0 bridgehead atoms. The molecule has 1 N–H and O–H groups in total. The first kappa shape index (κ1) is 19.3. The van der Waals surface area contributed by atoms with Crippen molar-refractivity contribution in [2.24, 2.45) is 5.92 Å². The molecule has 1 aliphatic heterocycles. The van der Waals surface area contributed by atoms with Gasteiger partial charge in [-0.3, -0.25) is 0 Å². The molecule has 0 aromatic heterocycles. The third-order valence-electron chi connectivity index (χ3n) is 5.52. The van der Waals surface area contributed by atoms with Crippen LogP contribution in [0.3, 0.4) is 0 Å². The first-order chi connectivity index (χ1) is 12.7. The summed E-state index contributed by atoms with van der Waals surface area (Å²) in [6.07, 6.45) is 6.33. The zero-order valence-electron chi connectivity index (χ0n) is 17.0. The minimum atomic E-state index is -0.795. The smallest absolute Gasteiger partial charge is 0.331 e. The molecule has 0 amide bonds. The SMILES string of the molecule is CC1=CC(C)(C)c2cc(C#CC3CC=C(C(=O)O)CC3)ccc2N1C(C)C. The van der Waals surface area contributed by atoms with E-state index in [0.717, 1.165) is 18.4 Å². The first-order valence-corrected chi connectivity index (χ1v) is 9.76. The fourth-order valence-electron chi connectivity index (χ4n) is 4.23. The number of carboxylic acid groups (broad SMARTS) is 1. The van der Waals surface area contributed by atoms with Crippen LogP contribution in [0, 0.1) is 17.8 Å². The topological polar surface area (TPSA) is 40.5 Å². The largest absolute Gasteiger partial charge is 0.478 e. The molecule has 2 aliphatic rings. The fourth-order valence-corrected chi connectivity index (χ4v) is 4.23. The number of carboxylic acids is 1. The summed E-state index contributed by atoms with van der Waals surface area (Å²) in [7, 11) is 0. The Balaban J connectivity index is 1.87. The van der Waals surface area contributed by atoms with E-state index in [9.17, 15) is 4.79 Å².